The zero-order chi connectivity index (χ0) is 46.2. The van der Waals surface area contributed by atoms with Crippen LogP contribution in [-0.4, -0.2) is 101 Å². The first kappa shape index (κ1) is 44.0. The average Bonchev–Trinajstić information content (AvgIpc) is 4.19. The van der Waals surface area contributed by atoms with Gasteiger partial charge < -0.3 is 54.1 Å². The van der Waals surface area contributed by atoms with Gasteiger partial charge in [0, 0.05) is 57.8 Å². The molecule has 16 nitrogen and oxygen atoms in total. The lowest BCUT2D eigenvalue weighted by atomic mass is 9.83. The summed E-state index contributed by atoms with van der Waals surface area (Å²) in [6, 6.07) is 19.0. The van der Waals surface area contributed by atoms with Crippen molar-refractivity contribution in [2.24, 2.45) is 5.92 Å². The second kappa shape index (κ2) is 18.3. The Kier molecular flexibility index (Phi) is 12.2. The maximum absolute atomic E-state index is 13.8. The van der Waals surface area contributed by atoms with E-state index in [2.05, 4.69) is 68.5 Å². The number of carbonyl (C=O) groups excluding carboxylic acids is 3. The molecule has 5 aromatic rings. The highest BCUT2D eigenvalue weighted by Gasteiger charge is 2.39. The van der Waals surface area contributed by atoms with Crippen LogP contribution in [0.2, 0.25) is 0 Å². The summed E-state index contributed by atoms with van der Waals surface area (Å²) in [4.78, 5) is 58.5. The van der Waals surface area contributed by atoms with E-state index in [4.69, 9.17) is 33.7 Å². The number of benzene rings is 3. The number of carbonyl (C=O) groups is 3. The molecule has 3 amide bonds. The third kappa shape index (κ3) is 8.31. The van der Waals surface area contributed by atoms with E-state index in [1.807, 2.05) is 51.2 Å². The van der Waals surface area contributed by atoms with Crippen LogP contribution in [0, 0.1) is 5.92 Å². The summed E-state index contributed by atoms with van der Waals surface area (Å²) < 4.78 is 28.9. The van der Waals surface area contributed by atoms with Crippen molar-refractivity contribution in [3.8, 4) is 39.8 Å². The van der Waals surface area contributed by atoms with E-state index in [9.17, 15) is 14.4 Å². The number of nitrogens with zero attached hydrogens (tertiary/aromatic N) is 4. The summed E-state index contributed by atoms with van der Waals surface area (Å²) in [6.07, 6.45) is 5.48. The number of methoxy groups -OCH3 is 3. The van der Waals surface area contributed by atoms with E-state index < -0.39 is 24.3 Å². The highest BCUT2D eigenvalue weighted by molar-refractivity contribution is 6.00. The van der Waals surface area contributed by atoms with Crippen LogP contribution >= 0.6 is 0 Å². The van der Waals surface area contributed by atoms with E-state index in [0.717, 1.165) is 111 Å². The number of alkyl carbamates (subject to hydrolysis) is 2. The smallest absolute Gasteiger partial charge is 0.407 e. The molecule has 344 valence electrons. The van der Waals surface area contributed by atoms with Crippen LogP contribution in [0.1, 0.15) is 93.0 Å². The van der Waals surface area contributed by atoms with Gasteiger partial charge in [0.1, 0.15) is 41.5 Å². The van der Waals surface area contributed by atoms with Crippen molar-refractivity contribution in [3.05, 3.63) is 114 Å². The highest BCUT2D eigenvalue weighted by Crippen LogP contribution is 2.52. The Hall–Kier alpha value is -7.23. The molecule has 6 heterocycles. The number of nitrogens with one attached hydrogen (secondary N) is 4. The summed E-state index contributed by atoms with van der Waals surface area (Å²) in [7, 11) is 4.30. The van der Waals surface area contributed by atoms with E-state index in [-0.39, 0.29) is 30.0 Å². The van der Waals surface area contributed by atoms with E-state index in [1.54, 1.807) is 18.2 Å². The Morgan fingerprint density at radius 1 is 0.788 bits per heavy atom. The summed E-state index contributed by atoms with van der Waals surface area (Å²) in [5.74, 6) is 3.39. The molecule has 4 N–H and O–H groups in total. The van der Waals surface area contributed by atoms with Crippen molar-refractivity contribution in [3.63, 3.8) is 0 Å². The standard InChI is InChI=1S/C50H56N8O8/c1-27(2)44(56-50(61)64-7)48(59)58-20-10-14-40(58)47-52-24-37(55-47)30-16-18-35-41(22-30)65-26-36-34-17-15-31(23-42(34)66-45(43(35)36)32-11-8-12-33(21-32)62-5)38-25-51-46(54-38)39-13-9-19-57(39)29(4)28(3)53-49(60)63-6/h8,11-12,15-18,21-25,27-28,39-40,44-45H,4,9-10,13-14,19-20,26H2,1-3,5-7H3,(H,51,54)(H,52,55)(H,53,60)(H,56,61)/t28-,39-,40-,44-,45?/m0/s1. The van der Waals surface area contributed by atoms with Crippen molar-refractivity contribution in [1.29, 1.82) is 0 Å². The predicted octanol–water partition coefficient (Wildman–Crippen LogP) is 8.35. The lowest BCUT2D eigenvalue weighted by molar-refractivity contribution is -0.135. The molecule has 2 aromatic heterocycles. The summed E-state index contributed by atoms with van der Waals surface area (Å²) >= 11 is 0. The van der Waals surface area contributed by atoms with Crippen molar-refractivity contribution in [2.75, 3.05) is 41.0 Å². The number of ether oxygens (including phenoxy) is 5. The fourth-order valence-electron chi connectivity index (χ4n) is 9.67. The highest BCUT2D eigenvalue weighted by atomic mass is 16.5. The Morgan fingerprint density at radius 3 is 2.06 bits per heavy atom. The van der Waals surface area contributed by atoms with Gasteiger partial charge in [-0.25, -0.2) is 19.6 Å². The zero-order valence-corrected chi connectivity index (χ0v) is 38.1. The normalized spacial score (nSPS) is 19.5. The third-order valence-corrected chi connectivity index (χ3v) is 13.2. The Labute approximate surface area is 383 Å². The minimum Gasteiger partial charge on any atom is -0.497 e. The molecule has 0 radical (unpaired) electrons. The number of H-pyrrole nitrogens is 2. The molecule has 0 spiro atoms. The molecule has 0 bridgehead atoms. The van der Waals surface area contributed by atoms with Crippen molar-refractivity contribution >= 4 is 29.2 Å². The Morgan fingerprint density at radius 2 is 1.41 bits per heavy atom. The fraction of sp³-hybridized carbons (Fsp3) is 0.380. The van der Waals surface area contributed by atoms with Crippen molar-refractivity contribution in [1.82, 2.24) is 40.4 Å². The lowest BCUT2D eigenvalue weighted by Gasteiger charge is -2.35. The first-order valence-electron chi connectivity index (χ1n) is 22.5. The van der Waals surface area contributed by atoms with Crippen LogP contribution in [0.4, 0.5) is 9.59 Å². The van der Waals surface area contributed by atoms with E-state index in [0.29, 0.717) is 19.0 Å². The molecule has 2 fully saturated rings. The van der Waals surface area contributed by atoms with Crippen molar-refractivity contribution in [2.45, 2.75) is 76.7 Å². The average molecular weight is 897 g/mol. The molecule has 2 saturated heterocycles. The predicted molar refractivity (Wildman–Crippen MR) is 247 cm³/mol. The Bertz CT molecular complexity index is 2700. The molecule has 0 saturated carbocycles. The number of hydrogen-bond acceptors (Lipinski definition) is 11. The van der Waals surface area contributed by atoms with Crippen LogP contribution in [0.25, 0.3) is 33.7 Å². The van der Waals surface area contributed by atoms with Crippen LogP contribution in [0.3, 0.4) is 0 Å². The number of aromatic nitrogens is 4. The van der Waals surface area contributed by atoms with Gasteiger partial charge in [0.05, 0.1) is 63.2 Å². The molecule has 66 heavy (non-hydrogen) atoms. The van der Waals surface area contributed by atoms with Gasteiger partial charge in [0.2, 0.25) is 5.91 Å². The molecule has 4 aliphatic rings. The topological polar surface area (TPSA) is 185 Å². The first-order valence-corrected chi connectivity index (χ1v) is 22.5. The van der Waals surface area contributed by atoms with E-state index in [1.165, 1.54) is 14.2 Å². The van der Waals surface area contributed by atoms with Gasteiger partial charge in [-0.2, -0.15) is 0 Å². The lowest BCUT2D eigenvalue weighted by Crippen LogP contribution is -2.51. The number of rotatable bonds is 12. The molecular formula is C50H56N8O8. The van der Waals surface area contributed by atoms with Gasteiger partial charge in [0.15, 0.2) is 6.10 Å². The minimum absolute atomic E-state index is 0.0170. The van der Waals surface area contributed by atoms with Gasteiger partial charge in [-0.3, -0.25) is 4.79 Å². The summed E-state index contributed by atoms with van der Waals surface area (Å²) in [5, 5.41) is 5.54. The SMILES string of the molecule is C=C([C@H](C)NC(=O)OC)N1CCC[C@H]1c1ncc(-c2ccc3c(c2)OC(c2cccc(OC)c2)C2=C3COc3cc(-c4cnc([C@@H]5CCCN5C(=O)[C@@H](NC(=O)OC)C(C)C)[nH]4)ccc32)[nH]1. The van der Waals surface area contributed by atoms with Crippen molar-refractivity contribution < 1.29 is 38.1 Å². The second-order valence-electron chi connectivity index (χ2n) is 17.5. The molecule has 4 aliphatic heterocycles. The largest absolute Gasteiger partial charge is 0.497 e. The minimum atomic E-state index is -0.720. The van der Waals surface area contributed by atoms with Crippen LogP contribution in [0.15, 0.2) is 85.3 Å². The maximum Gasteiger partial charge on any atom is 0.407 e. The molecule has 5 atom stereocenters. The number of fused-ring (bicyclic) bond motifs is 4. The molecular weight excluding hydrogens is 841 g/mol. The summed E-state index contributed by atoms with van der Waals surface area (Å²) in [6.45, 7) is 11.7. The molecule has 16 heteroatoms. The van der Waals surface area contributed by atoms with Crippen LogP contribution < -0.4 is 24.8 Å². The number of amides is 3. The monoisotopic (exact) mass is 896 g/mol. The number of hydrogen-bond donors (Lipinski definition) is 4. The Balaban J connectivity index is 1.00. The van der Waals surface area contributed by atoms with Gasteiger partial charge in [-0.1, -0.05) is 56.8 Å². The quantitative estimate of drug-likeness (QED) is 0.0944. The van der Waals surface area contributed by atoms with Gasteiger partial charge in [-0.05, 0) is 62.8 Å². The number of aromatic amines is 2. The second-order valence-corrected chi connectivity index (χ2v) is 17.5. The first-order chi connectivity index (χ1) is 32.0. The number of likely N-dealkylation sites (tertiary alicyclic amines) is 2. The molecule has 9 rings (SSSR count). The summed E-state index contributed by atoms with van der Waals surface area (Å²) in [5.41, 5.74) is 9.12. The van der Waals surface area contributed by atoms with Gasteiger partial charge >= 0.3 is 12.2 Å². The molecule has 3 aromatic carbocycles. The van der Waals surface area contributed by atoms with E-state index >= 15 is 0 Å². The van der Waals surface area contributed by atoms with Crippen LogP contribution in [0.5, 0.6) is 17.2 Å². The third-order valence-electron chi connectivity index (χ3n) is 13.2. The molecule has 1 unspecified atom stereocenters. The molecule has 0 aliphatic carbocycles. The van der Waals surface area contributed by atoms with Crippen LogP contribution in [-0.2, 0) is 14.3 Å². The van der Waals surface area contributed by atoms with Gasteiger partial charge in [0.25, 0.3) is 0 Å². The number of imidazole rings is 2. The maximum atomic E-state index is 13.8. The fourth-order valence-corrected chi connectivity index (χ4v) is 9.67. The van der Waals surface area contributed by atoms with Gasteiger partial charge in [-0.15, -0.1) is 0 Å². The zero-order valence-electron chi connectivity index (χ0n) is 38.1.